The first-order valence-corrected chi connectivity index (χ1v) is 6.91. The zero-order valence-electron chi connectivity index (χ0n) is 12.1. The van der Waals surface area contributed by atoms with Crippen molar-refractivity contribution in [3.63, 3.8) is 0 Å². The van der Waals surface area contributed by atoms with E-state index in [1.807, 2.05) is 30.3 Å². The number of aldehydes is 1. The van der Waals surface area contributed by atoms with Gasteiger partial charge in [-0.15, -0.1) is 0 Å². The molecule has 0 spiro atoms. The Morgan fingerprint density at radius 2 is 1.80 bits per heavy atom. The first-order chi connectivity index (χ1) is 9.70. The molecule has 104 valence electrons. The van der Waals surface area contributed by atoms with E-state index >= 15 is 0 Å². The summed E-state index contributed by atoms with van der Waals surface area (Å²) in [7, 11) is 0. The maximum atomic E-state index is 10.4. The molecule has 0 unspecified atom stereocenters. The van der Waals surface area contributed by atoms with Crippen LogP contribution in [0.4, 0.5) is 0 Å². The summed E-state index contributed by atoms with van der Waals surface area (Å²) in [6.45, 7) is 4.73. The Labute approximate surface area is 120 Å². The van der Waals surface area contributed by atoms with Crippen LogP contribution in [0.15, 0.2) is 42.5 Å². The molecule has 0 radical (unpaired) electrons. The molecule has 0 aliphatic heterocycles. The number of ether oxygens (including phenoxy) is 1. The van der Waals surface area contributed by atoms with Gasteiger partial charge in [-0.25, -0.2) is 0 Å². The standard InChI is InChI=1S/C18H20O2/c1-14-6-3-4-7-17(14)13-20-18-10-9-16(8-5-11-19)15(2)12-18/h3-4,6-7,9-12H,5,8,13H2,1-2H3. The van der Waals surface area contributed by atoms with Gasteiger partial charge in [0.25, 0.3) is 0 Å². The molecule has 20 heavy (non-hydrogen) atoms. The van der Waals surface area contributed by atoms with Gasteiger partial charge in [-0.1, -0.05) is 30.3 Å². The lowest BCUT2D eigenvalue weighted by Crippen LogP contribution is -1.99. The van der Waals surface area contributed by atoms with E-state index in [1.54, 1.807) is 0 Å². The Hall–Kier alpha value is -2.09. The third-order valence-electron chi connectivity index (χ3n) is 3.50. The fourth-order valence-electron chi connectivity index (χ4n) is 2.19. The van der Waals surface area contributed by atoms with Crippen molar-refractivity contribution in [1.82, 2.24) is 0 Å². The molecular weight excluding hydrogens is 248 g/mol. The van der Waals surface area contributed by atoms with Crippen LogP contribution >= 0.6 is 0 Å². The number of benzene rings is 2. The minimum Gasteiger partial charge on any atom is -0.489 e. The van der Waals surface area contributed by atoms with Crippen LogP contribution in [0.5, 0.6) is 5.75 Å². The van der Waals surface area contributed by atoms with E-state index in [1.165, 1.54) is 22.3 Å². The van der Waals surface area contributed by atoms with Gasteiger partial charge in [0.15, 0.2) is 0 Å². The van der Waals surface area contributed by atoms with Gasteiger partial charge in [0, 0.05) is 6.42 Å². The lowest BCUT2D eigenvalue weighted by Gasteiger charge is -2.11. The lowest BCUT2D eigenvalue weighted by atomic mass is 10.0. The van der Waals surface area contributed by atoms with E-state index in [0.29, 0.717) is 13.0 Å². The Morgan fingerprint density at radius 1 is 1.00 bits per heavy atom. The zero-order chi connectivity index (χ0) is 14.4. The molecule has 0 heterocycles. The second-order valence-corrected chi connectivity index (χ2v) is 5.01. The van der Waals surface area contributed by atoms with Gasteiger partial charge < -0.3 is 9.53 Å². The second-order valence-electron chi connectivity index (χ2n) is 5.01. The van der Waals surface area contributed by atoms with E-state index in [9.17, 15) is 4.79 Å². The van der Waals surface area contributed by atoms with Crippen LogP contribution in [0, 0.1) is 13.8 Å². The average molecular weight is 268 g/mol. The van der Waals surface area contributed by atoms with Crippen LogP contribution in [-0.2, 0) is 17.8 Å². The summed E-state index contributed by atoms with van der Waals surface area (Å²) < 4.78 is 5.84. The first kappa shape index (κ1) is 14.3. The van der Waals surface area contributed by atoms with Crippen LogP contribution in [-0.4, -0.2) is 6.29 Å². The van der Waals surface area contributed by atoms with Gasteiger partial charge in [-0.3, -0.25) is 0 Å². The molecule has 0 saturated heterocycles. The predicted molar refractivity (Wildman–Crippen MR) is 81.1 cm³/mol. The Morgan fingerprint density at radius 3 is 2.50 bits per heavy atom. The predicted octanol–water partition coefficient (Wildman–Crippen LogP) is 4.01. The number of rotatable bonds is 6. The van der Waals surface area contributed by atoms with Crippen LogP contribution in [0.1, 0.15) is 28.7 Å². The molecule has 0 saturated carbocycles. The van der Waals surface area contributed by atoms with E-state index < -0.39 is 0 Å². The summed E-state index contributed by atoms with van der Waals surface area (Å²) in [5.41, 5.74) is 4.83. The molecule has 2 aromatic carbocycles. The Kier molecular flexibility index (Phi) is 4.94. The van der Waals surface area contributed by atoms with Crippen molar-refractivity contribution in [3.05, 3.63) is 64.7 Å². The second kappa shape index (κ2) is 6.90. The van der Waals surface area contributed by atoms with Crippen molar-refractivity contribution in [3.8, 4) is 5.75 Å². The van der Waals surface area contributed by atoms with E-state index in [-0.39, 0.29) is 0 Å². The molecule has 2 rings (SSSR count). The molecular formula is C18H20O2. The molecule has 2 aromatic rings. The van der Waals surface area contributed by atoms with Gasteiger partial charge in [0.1, 0.15) is 18.6 Å². The summed E-state index contributed by atoms with van der Waals surface area (Å²) >= 11 is 0. The fraction of sp³-hybridized carbons (Fsp3) is 0.278. The van der Waals surface area contributed by atoms with Crippen molar-refractivity contribution in [1.29, 1.82) is 0 Å². The smallest absolute Gasteiger partial charge is 0.120 e. The highest BCUT2D eigenvalue weighted by atomic mass is 16.5. The highest BCUT2D eigenvalue weighted by Gasteiger charge is 2.02. The van der Waals surface area contributed by atoms with E-state index in [4.69, 9.17) is 4.74 Å². The van der Waals surface area contributed by atoms with Crippen molar-refractivity contribution < 1.29 is 9.53 Å². The largest absolute Gasteiger partial charge is 0.489 e. The number of hydrogen-bond acceptors (Lipinski definition) is 2. The quantitative estimate of drug-likeness (QED) is 0.740. The molecule has 2 heteroatoms. The summed E-state index contributed by atoms with van der Waals surface area (Å²) in [4.78, 5) is 10.4. The highest BCUT2D eigenvalue weighted by Crippen LogP contribution is 2.20. The average Bonchev–Trinajstić information content (AvgIpc) is 2.45. The third kappa shape index (κ3) is 3.70. The van der Waals surface area contributed by atoms with Crippen LogP contribution in [0.25, 0.3) is 0 Å². The molecule has 0 N–H and O–H groups in total. The molecule has 0 atom stereocenters. The van der Waals surface area contributed by atoms with Crippen molar-refractivity contribution in [2.75, 3.05) is 0 Å². The maximum absolute atomic E-state index is 10.4. The monoisotopic (exact) mass is 268 g/mol. The molecule has 0 fully saturated rings. The summed E-state index contributed by atoms with van der Waals surface area (Å²) in [5, 5.41) is 0. The highest BCUT2D eigenvalue weighted by molar-refractivity contribution is 5.50. The van der Waals surface area contributed by atoms with Crippen molar-refractivity contribution in [2.24, 2.45) is 0 Å². The molecule has 2 nitrogen and oxygen atoms in total. The Balaban J connectivity index is 2.02. The number of aryl methyl sites for hydroxylation is 3. The van der Waals surface area contributed by atoms with Crippen LogP contribution in [0.3, 0.4) is 0 Å². The van der Waals surface area contributed by atoms with Gasteiger partial charge in [-0.05, 0) is 54.7 Å². The summed E-state index contributed by atoms with van der Waals surface area (Å²) in [6, 6.07) is 14.3. The molecule has 0 bridgehead atoms. The fourth-order valence-corrected chi connectivity index (χ4v) is 2.19. The summed E-state index contributed by atoms with van der Waals surface area (Å²) in [6.07, 6.45) is 2.33. The number of carbonyl (C=O) groups is 1. The minimum absolute atomic E-state index is 0.574. The molecule has 0 aliphatic rings. The van der Waals surface area contributed by atoms with Crippen molar-refractivity contribution in [2.45, 2.75) is 33.3 Å². The summed E-state index contributed by atoms with van der Waals surface area (Å²) in [5.74, 6) is 0.876. The number of carbonyl (C=O) groups excluding carboxylic acids is 1. The zero-order valence-corrected chi connectivity index (χ0v) is 12.1. The van der Waals surface area contributed by atoms with Crippen molar-refractivity contribution >= 4 is 6.29 Å². The first-order valence-electron chi connectivity index (χ1n) is 6.91. The van der Waals surface area contributed by atoms with Gasteiger partial charge >= 0.3 is 0 Å². The molecule has 0 aliphatic carbocycles. The number of hydrogen-bond donors (Lipinski definition) is 0. The minimum atomic E-state index is 0.574. The molecule has 0 amide bonds. The van der Waals surface area contributed by atoms with Crippen LogP contribution in [0.2, 0.25) is 0 Å². The maximum Gasteiger partial charge on any atom is 0.120 e. The van der Waals surface area contributed by atoms with E-state index in [0.717, 1.165) is 18.5 Å². The van der Waals surface area contributed by atoms with E-state index in [2.05, 4.69) is 26.0 Å². The SMILES string of the molecule is Cc1cc(OCc2ccccc2C)ccc1CCC=O. The lowest BCUT2D eigenvalue weighted by molar-refractivity contribution is -0.107. The Bertz CT molecular complexity index is 588. The molecule has 0 aromatic heterocycles. The van der Waals surface area contributed by atoms with Gasteiger partial charge in [0.2, 0.25) is 0 Å². The van der Waals surface area contributed by atoms with Crippen LogP contribution < -0.4 is 4.74 Å². The third-order valence-corrected chi connectivity index (χ3v) is 3.50. The van der Waals surface area contributed by atoms with Gasteiger partial charge in [-0.2, -0.15) is 0 Å². The topological polar surface area (TPSA) is 26.3 Å². The van der Waals surface area contributed by atoms with Gasteiger partial charge in [0.05, 0.1) is 0 Å². The normalized spacial score (nSPS) is 10.3.